The van der Waals surface area contributed by atoms with E-state index in [0.717, 1.165) is 31.8 Å². The van der Waals surface area contributed by atoms with Crippen molar-refractivity contribution in [3.8, 4) is 0 Å². The zero-order valence-electron chi connectivity index (χ0n) is 16.9. The van der Waals surface area contributed by atoms with E-state index < -0.39 is 20.2 Å². The molecule has 0 aromatic heterocycles. The van der Waals surface area contributed by atoms with Gasteiger partial charge >= 0.3 is 23.7 Å². The molecule has 0 bridgehead atoms. The van der Waals surface area contributed by atoms with Gasteiger partial charge in [0.05, 0.1) is 9.79 Å². The van der Waals surface area contributed by atoms with Gasteiger partial charge in [0.1, 0.15) is 20.2 Å². The van der Waals surface area contributed by atoms with Crippen LogP contribution in [0.5, 0.6) is 0 Å². The van der Waals surface area contributed by atoms with Gasteiger partial charge in [-0.25, -0.2) is 16.8 Å². The molecular formula is C18H24N2O7S2Ti. The van der Waals surface area contributed by atoms with E-state index in [1.807, 2.05) is 27.7 Å². The second-order valence-corrected chi connectivity index (χ2v) is 9.31. The van der Waals surface area contributed by atoms with Crippen LogP contribution in [0, 0.1) is 0 Å². The second-order valence-electron chi connectivity index (χ2n) is 6.56. The monoisotopic (exact) mass is 492 g/mol. The van der Waals surface area contributed by atoms with Crippen LogP contribution in [0.1, 0.15) is 27.7 Å². The van der Waals surface area contributed by atoms with Crippen molar-refractivity contribution in [1.82, 2.24) is 0 Å². The molecule has 0 radical (unpaired) electrons. The summed E-state index contributed by atoms with van der Waals surface area (Å²) >= 11 is 0.750. The van der Waals surface area contributed by atoms with Gasteiger partial charge in [-0.3, -0.25) is 0 Å². The quantitative estimate of drug-likeness (QED) is 0.457. The van der Waals surface area contributed by atoms with Gasteiger partial charge in [-0.2, -0.15) is 0 Å². The van der Waals surface area contributed by atoms with Crippen LogP contribution in [-0.2, 0) is 44.0 Å². The summed E-state index contributed by atoms with van der Waals surface area (Å²) in [6.07, 6.45) is 0. The van der Waals surface area contributed by atoms with Gasteiger partial charge < -0.3 is 19.7 Å². The molecule has 0 spiro atoms. The summed E-state index contributed by atoms with van der Waals surface area (Å²) in [5.41, 5.74) is 1.60. The fraction of sp³-hybridized carbons (Fsp3) is 0.333. The third-order valence-electron chi connectivity index (χ3n) is 3.20. The zero-order chi connectivity index (χ0) is 23.5. The van der Waals surface area contributed by atoms with E-state index in [1.165, 1.54) is 24.3 Å². The first kappa shape index (κ1) is 28.4. The molecule has 0 amide bonds. The summed E-state index contributed by atoms with van der Waals surface area (Å²) in [7, 11) is -8.65. The third-order valence-corrected chi connectivity index (χ3v) is 4.90. The second kappa shape index (κ2) is 12.9. The number of hydrogen-bond donors (Lipinski definition) is 2. The van der Waals surface area contributed by atoms with Gasteiger partial charge in [0.2, 0.25) is 0 Å². The van der Waals surface area contributed by atoms with E-state index in [1.54, 1.807) is 24.3 Å². The van der Waals surface area contributed by atoms with Gasteiger partial charge in [-0.05, 0) is 76.2 Å². The van der Waals surface area contributed by atoms with Gasteiger partial charge in [-0.15, -0.1) is 0 Å². The van der Waals surface area contributed by atoms with Crippen LogP contribution in [0.3, 0.4) is 0 Å². The summed E-state index contributed by atoms with van der Waals surface area (Å²) in [6.45, 7) is 7.88. The molecule has 0 heterocycles. The normalized spacial score (nSPS) is 11.1. The summed E-state index contributed by atoms with van der Waals surface area (Å²) in [5.74, 6) is 0. The fourth-order valence-corrected chi connectivity index (χ4v) is 3.04. The van der Waals surface area contributed by atoms with Crippen molar-refractivity contribution in [2.45, 2.75) is 49.6 Å². The number of rotatable bonds is 6. The van der Waals surface area contributed by atoms with E-state index in [4.69, 9.17) is 3.32 Å². The molecule has 30 heavy (non-hydrogen) atoms. The Morgan fingerprint density at radius 1 is 0.633 bits per heavy atom. The predicted octanol–water partition coefficient (Wildman–Crippen LogP) is 2.70. The topological polar surface area (TPSA) is 156 Å². The molecule has 0 atom stereocenters. The van der Waals surface area contributed by atoms with Gasteiger partial charge in [0.25, 0.3) is 0 Å². The van der Waals surface area contributed by atoms with Gasteiger partial charge in [0.15, 0.2) is 0 Å². The molecule has 0 aliphatic heterocycles. The first-order chi connectivity index (χ1) is 13.8. The number of benzene rings is 2. The van der Waals surface area contributed by atoms with Crippen LogP contribution < -0.4 is 10.6 Å². The fourth-order valence-electron chi connectivity index (χ4n) is 2.10. The van der Waals surface area contributed by atoms with Crippen LogP contribution in [0.15, 0.2) is 58.3 Å². The molecule has 2 aromatic rings. The van der Waals surface area contributed by atoms with Crippen molar-refractivity contribution >= 4 is 31.6 Å². The van der Waals surface area contributed by atoms with Crippen LogP contribution >= 0.6 is 0 Å². The summed E-state index contributed by atoms with van der Waals surface area (Å²) in [4.78, 5) is -0.404. The molecule has 0 saturated heterocycles. The van der Waals surface area contributed by atoms with Crippen molar-refractivity contribution in [3.63, 3.8) is 0 Å². The van der Waals surface area contributed by atoms with E-state index in [2.05, 4.69) is 10.6 Å². The summed E-state index contributed by atoms with van der Waals surface area (Å²) < 4.78 is 71.8. The Hall–Kier alpha value is -1.63. The maximum absolute atomic E-state index is 10.6. The Bertz CT molecular complexity index is 895. The van der Waals surface area contributed by atoms with E-state index in [0.29, 0.717) is 0 Å². The number of anilines is 2. The minimum absolute atomic E-state index is 0.202. The van der Waals surface area contributed by atoms with Gasteiger partial charge in [0, 0.05) is 23.5 Å². The van der Waals surface area contributed by atoms with Crippen LogP contribution in [-0.4, -0.2) is 38.0 Å². The molecule has 2 rings (SSSR count). The standard InChI is InChI=1S/2C9H13NO3S.O.Ti/c2*1-7(2)10-8-3-5-9(6-4-8)14(11,12)13;;/h2*3-7,10H,1-2H3,(H,11,12,13);;/q;;;+2/p-2. The Labute approximate surface area is 189 Å². The van der Waals surface area contributed by atoms with Crippen molar-refractivity contribution in [2.24, 2.45) is 0 Å². The Morgan fingerprint density at radius 2 is 0.867 bits per heavy atom. The molecule has 0 fully saturated rings. The average Bonchev–Trinajstić information content (AvgIpc) is 2.62. The van der Waals surface area contributed by atoms with Crippen molar-refractivity contribution in [1.29, 1.82) is 0 Å². The Morgan fingerprint density at radius 3 is 1.03 bits per heavy atom. The number of hydrogen-bond acceptors (Lipinski definition) is 9. The molecule has 2 aromatic carbocycles. The van der Waals surface area contributed by atoms with Crippen LogP contribution in [0.25, 0.3) is 0 Å². The maximum atomic E-state index is 10.6. The SMILES string of the molecule is CC(C)Nc1ccc(S(=O)(=O)[O-])cc1.CC(C)Nc1ccc(S(=O)(=O)[O-])cc1.[O]=[Ti+2]. The molecule has 2 N–H and O–H groups in total. The van der Waals surface area contributed by atoms with E-state index in [-0.39, 0.29) is 21.9 Å². The first-order valence-electron chi connectivity index (χ1n) is 8.64. The number of nitrogens with one attached hydrogen (secondary N) is 2. The average molecular weight is 492 g/mol. The van der Waals surface area contributed by atoms with Gasteiger partial charge in [-0.1, -0.05) is 0 Å². The molecule has 0 aliphatic carbocycles. The minimum atomic E-state index is -4.33. The van der Waals surface area contributed by atoms with Crippen molar-refractivity contribution < 1.29 is 49.7 Å². The van der Waals surface area contributed by atoms with Crippen molar-refractivity contribution in [3.05, 3.63) is 48.5 Å². The molecule has 9 nitrogen and oxygen atoms in total. The van der Waals surface area contributed by atoms with E-state index >= 15 is 0 Å². The first-order valence-corrected chi connectivity index (χ1v) is 12.1. The van der Waals surface area contributed by atoms with Crippen LogP contribution in [0.4, 0.5) is 11.4 Å². The summed E-state index contributed by atoms with van der Waals surface area (Å²) in [5, 5.41) is 6.17. The third kappa shape index (κ3) is 11.5. The van der Waals surface area contributed by atoms with Crippen LogP contribution in [0.2, 0.25) is 0 Å². The van der Waals surface area contributed by atoms with Crippen molar-refractivity contribution in [2.75, 3.05) is 10.6 Å². The molecule has 0 unspecified atom stereocenters. The molecule has 164 valence electrons. The zero-order valence-corrected chi connectivity index (χ0v) is 20.1. The molecule has 0 saturated carbocycles. The Balaban J connectivity index is 0.000000518. The molecule has 0 aliphatic rings. The Kier molecular flexibility index (Phi) is 12.2. The predicted molar refractivity (Wildman–Crippen MR) is 107 cm³/mol. The molecular weight excluding hydrogens is 468 g/mol. The summed E-state index contributed by atoms with van der Waals surface area (Å²) in [6, 6.07) is 12.0. The molecule has 12 heteroatoms. The van der Waals surface area contributed by atoms with E-state index in [9.17, 15) is 25.9 Å².